The van der Waals surface area contributed by atoms with Crippen LogP contribution in [0.2, 0.25) is 0 Å². The number of thiophene rings is 1. The molecule has 0 aliphatic carbocycles. The molecule has 2 N–H and O–H groups in total. The molecule has 0 aliphatic rings. The van der Waals surface area contributed by atoms with Crippen LogP contribution in [0.4, 0.5) is 5.69 Å². The predicted molar refractivity (Wildman–Crippen MR) is 128 cm³/mol. The summed E-state index contributed by atoms with van der Waals surface area (Å²) in [5.74, 6) is -0.807. The molecule has 9 nitrogen and oxygen atoms in total. The largest absolute Gasteiger partial charge is 0.489 e. The summed E-state index contributed by atoms with van der Waals surface area (Å²) >= 11 is 1.22. The van der Waals surface area contributed by atoms with E-state index in [1.54, 1.807) is 54.6 Å². The Hall–Kier alpha value is -4.57. The van der Waals surface area contributed by atoms with Crippen LogP contribution in [0.25, 0.3) is 10.1 Å². The first-order valence-electron chi connectivity index (χ1n) is 9.95. The molecule has 1 aromatic heterocycles. The smallest absolute Gasteiger partial charge is 0.335 e. The lowest BCUT2D eigenvalue weighted by Gasteiger charge is -2.07. The zero-order chi connectivity index (χ0) is 24.1. The van der Waals surface area contributed by atoms with Crippen LogP contribution in [0.5, 0.6) is 5.75 Å². The molecule has 10 heteroatoms. The van der Waals surface area contributed by atoms with Crippen molar-refractivity contribution in [1.82, 2.24) is 5.43 Å². The molecule has 0 saturated heterocycles. The molecular formula is C24H17N3O6S. The summed E-state index contributed by atoms with van der Waals surface area (Å²) in [4.78, 5) is 34.2. The maximum Gasteiger partial charge on any atom is 0.335 e. The molecule has 0 atom stereocenters. The Bertz CT molecular complexity index is 1410. The number of carboxylic acids is 1. The van der Waals surface area contributed by atoms with Gasteiger partial charge in [-0.3, -0.25) is 14.9 Å². The maximum atomic E-state index is 12.4. The fourth-order valence-corrected chi connectivity index (χ4v) is 4.02. The lowest BCUT2D eigenvalue weighted by atomic mass is 10.1. The molecule has 0 radical (unpaired) electrons. The third-order valence-corrected chi connectivity index (χ3v) is 5.89. The van der Waals surface area contributed by atoms with E-state index in [0.29, 0.717) is 16.0 Å². The van der Waals surface area contributed by atoms with Gasteiger partial charge in [0.25, 0.3) is 11.6 Å². The molecule has 0 bridgehead atoms. The number of hydrogen-bond donors (Lipinski definition) is 2. The van der Waals surface area contributed by atoms with Gasteiger partial charge in [0, 0.05) is 22.2 Å². The number of nitro benzene ring substituents is 1. The van der Waals surface area contributed by atoms with Crippen LogP contribution in [0.15, 0.2) is 77.9 Å². The fourth-order valence-electron chi connectivity index (χ4n) is 3.09. The highest BCUT2D eigenvalue weighted by atomic mass is 32.1. The van der Waals surface area contributed by atoms with Gasteiger partial charge in [-0.1, -0.05) is 12.1 Å². The van der Waals surface area contributed by atoms with Crippen LogP contribution >= 0.6 is 11.3 Å². The number of fused-ring (bicyclic) bond motifs is 1. The van der Waals surface area contributed by atoms with Gasteiger partial charge < -0.3 is 9.84 Å². The number of amides is 1. The average molecular weight is 475 g/mol. The number of non-ortho nitro benzene ring substituents is 1. The van der Waals surface area contributed by atoms with Crippen LogP contribution in [-0.2, 0) is 6.61 Å². The minimum atomic E-state index is -0.992. The van der Waals surface area contributed by atoms with Crippen LogP contribution < -0.4 is 10.2 Å². The fraction of sp³-hybridized carbons (Fsp3) is 0.0417. The maximum absolute atomic E-state index is 12.4. The standard InChI is InChI=1S/C24H17N3O6S/c28-23(22-12-18-11-19(27(31)32)6-9-21(18)34-22)26-25-13-15-4-7-20(8-5-15)33-14-16-2-1-3-17(10-16)24(29)30/h1-13H,14H2,(H,26,28)(H,29,30)/b25-13-. The topological polar surface area (TPSA) is 131 Å². The highest BCUT2D eigenvalue weighted by molar-refractivity contribution is 7.20. The molecule has 0 spiro atoms. The van der Waals surface area contributed by atoms with Crippen LogP contribution in [-0.4, -0.2) is 28.1 Å². The van der Waals surface area contributed by atoms with E-state index in [-0.39, 0.29) is 17.9 Å². The number of ether oxygens (including phenoxy) is 1. The summed E-state index contributed by atoms with van der Waals surface area (Å²) in [7, 11) is 0. The van der Waals surface area contributed by atoms with E-state index in [0.717, 1.165) is 15.8 Å². The molecule has 4 aromatic rings. The van der Waals surface area contributed by atoms with Gasteiger partial charge in [-0.25, -0.2) is 10.2 Å². The molecule has 4 rings (SSSR count). The van der Waals surface area contributed by atoms with E-state index in [2.05, 4.69) is 10.5 Å². The Balaban J connectivity index is 1.33. The Morgan fingerprint density at radius 1 is 1.09 bits per heavy atom. The van der Waals surface area contributed by atoms with Crippen LogP contribution in [0.3, 0.4) is 0 Å². The molecule has 0 unspecified atom stereocenters. The normalized spacial score (nSPS) is 10.9. The van der Waals surface area contributed by atoms with Gasteiger partial charge in [0.15, 0.2) is 0 Å². The Morgan fingerprint density at radius 3 is 2.62 bits per heavy atom. The molecule has 0 saturated carbocycles. The van der Waals surface area contributed by atoms with Gasteiger partial charge >= 0.3 is 5.97 Å². The Morgan fingerprint density at radius 2 is 1.88 bits per heavy atom. The van der Waals surface area contributed by atoms with Crippen molar-refractivity contribution in [3.05, 3.63) is 104 Å². The van der Waals surface area contributed by atoms with Gasteiger partial charge in [0.1, 0.15) is 12.4 Å². The number of hydrazone groups is 1. The van der Waals surface area contributed by atoms with E-state index in [9.17, 15) is 19.7 Å². The lowest BCUT2D eigenvalue weighted by Crippen LogP contribution is -2.16. The van der Waals surface area contributed by atoms with E-state index in [1.807, 2.05) is 0 Å². The molecule has 0 aliphatic heterocycles. The number of nitrogens with one attached hydrogen (secondary N) is 1. The molecule has 3 aromatic carbocycles. The zero-order valence-electron chi connectivity index (χ0n) is 17.5. The van der Waals surface area contributed by atoms with Crippen molar-refractivity contribution in [1.29, 1.82) is 0 Å². The second-order valence-corrected chi connectivity index (χ2v) is 8.24. The van der Waals surface area contributed by atoms with Gasteiger partial charge in [-0.05, 0) is 59.7 Å². The number of nitrogens with zero attached hydrogens (tertiary/aromatic N) is 2. The first-order chi connectivity index (χ1) is 16.4. The summed E-state index contributed by atoms with van der Waals surface area (Å²) in [6.07, 6.45) is 1.48. The van der Waals surface area contributed by atoms with E-state index < -0.39 is 16.8 Å². The second kappa shape index (κ2) is 9.92. The van der Waals surface area contributed by atoms with Crippen molar-refractivity contribution in [2.75, 3.05) is 0 Å². The quantitative estimate of drug-likeness (QED) is 0.213. The Labute approximate surface area is 197 Å². The Kier molecular flexibility index (Phi) is 6.60. The number of nitro groups is 1. The first-order valence-corrected chi connectivity index (χ1v) is 10.8. The van der Waals surface area contributed by atoms with Gasteiger partial charge in [0.2, 0.25) is 0 Å². The third kappa shape index (κ3) is 5.43. The van der Waals surface area contributed by atoms with E-state index in [1.165, 1.54) is 35.8 Å². The van der Waals surface area contributed by atoms with Crippen molar-refractivity contribution >= 4 is 45.2 Å². The van der Waals surface area contributed by atoms with Crippen LogP contribution in [0, 0.1) is 10.1 Å². The monoisotopic (exact) mass is 475 g/mol. The lowest BCUT2D eigenvalue weighted by molar-refractivity contribution is -0.384. The zero-order valence-corrected chi connectivity index (χ0v) is 18.3. The summed E-state index contributed by atoms with van der Waals surface area (Å²) < 4.78 is 6.45. The predicted octanol–water partition coefficient (Wildman–Crippen LogP) is 4.85. The van der Waals surface area contributed by atoms with Crippen LogP contribution in [0.1, 0.15) is 31.2 Å². The third-order valence-electron chi connectivity index (χ3n) is 4.77. The molecule has 1 amide bonds. The summed E-state index contributed by atoms with van der Waals surface area (Å²) in [5.41, 5.74) is 4.09. The summed E-state index contributed by atoms with van der Waals surface area (Å²) in [6, 6.07) is 19.6. The second-order valence-electron chi connectivity index (χ2n) is 7.15. The number of rotatable bonds is 8. The number of benzene rings is 3. The first kappa shape index (κ1) is 22.6. The van der Waals surface area contributed by atoms with E-state index >= 15 is 0 Å². The highest BCUT2D eigenvalue weighted by Crippen LogP contribution is 2.28. The number of aromatic carboxylic acids is 1. The minimum Gasteiger partial charge on any atom is -0.489 e. The molecule has 170 valence electrons. The molecule has 0 fully saturated rings. The summed E-state index contributed by atoms with van der Waals surface area (Å²) in [6.45, 7) is 0.225. The van der Waals surface area contributed by atoms with Crippen molar-refractivity contribution in [3.8, 4) is 5.75 Å². The number of carbonyl (C=O) groups is 2. The van der Waals surface area contributed by atoms with Gasteiger partial charge in [-0.15, -0.1) is 11.3 Å². The van der Waals surface area contributed by atoms with Crippen molar-refractivity contribution in [3.63, 3.8) is 0 Å². The van der Waals surface area contributed by atoms with Crippen molar-refractivity contribution in [2.45, 2.75) is 6.61 Å². The number of carboxylic acid groups (broad SMARTS) is 1. The van der Waals surface area contributed by atoms with Gasteiger partial charge in [-0.2, -0.15) is 5.10 Å². The minimum absolute atomic E-state index is 0.0310. The van der Waals surface area contributed by atoms with Crippen molar-refractivity contribution in [2.24, 2.45) is 5.10 Å². The molecular weight excluding hydrogens is 458 g/mol. The number of carbonyl (C=O) groups excluding carboxylic acids is 1. The highest BCUT2D eigenvalue weighted by Gasteiger charge is 2.13. The SMILES string of the molecule is O=C(O)c1cccc(COc2ccc(/C=N\NC(=O)c3cc4cc([N+](=O)[O-])ccc4s3)cc2)c1. The van der Waals surface area contributed by atoms with E-state index in [4.69, 9.17) is 9.84 Å². The molecule has 34 heavy (non-hydrogen) atoms. The average Bonchev–Trinajstić information content (AvgIpc) is 3.27. The molecule has 1 heterocycles. The number of hydrogen-bond acceptors (Lipinski definition) is 7. The van der Waals surface area contributed by atoms with Gasteiger partial charge in [0.05, 0.1) is 21.6 Å². The summed E-state index contributed by atoms with van der Waals surface area (Å²) in [5, 5.41) is 24.5. The van der Waals surface area contributed by atoms with Crippen molar-refractivity contribution < 1.29 is 24.4 Å².